The average molecular weight is 284 g/mol. The topological polar surface area (TPSA) is 24.5 Å². The fraction of sp³-hybridized carbons (Fsp3) is 0.600. The number of nitrogens with one attached hydrogen (secondary N) is 1. The lowest BCUT2D eigenvalue weighted by molar-refractivity contribution is -0.0507. The summed E-state index contributed by atoms with van der Waals surface area (Å²) in [6, 6.07) is 7.54. The van der Waals surface area contributed by atoms with Crippen molar-refractivity contribution in [3.63, 3.8) is 0 Å². The summed E-state index contributed by atoms with van der Waals surface area (Å²) in [6.45, 7) is 2.86. The molecule has 1 aliphatic rings. The number of para-hydroxylation sites is 1. The van der Waals surface area contributed by atoms with Crippen molar-refractivity contribution in [1.29, 1.82) is 0 Å². The zero-order valence-corrected chi connectivity index (χ0v) is 11.8. The summed E-state index contributed by atoms with van der Waals surface area (Å²) in [6.07, 6.45) is 2.40. The second-order valence-corrected chi connectivity index (χ2v) is 5.11. The molecule has 0 amide bonds. The second kappa shape index (κ2) is 7.55. The summed E-state index contributed by atoms with van der Waals surface area (Å²) < 4.78 is 29.4. The molecule has 1 fully saturated rings. The quantitative estimate of drug-likeness (QED) is 0.833. The van der Waals surface area contributed by atoms with E-state index in [0.717, 1.165) is 25.2 Å². The first kappa shape index (κ1) is 15.2. The number of benzene rings is 1. The molecule has 0 aromatic heterocycles. The van der Waals surface area contributed by atoms with Gasteiger partial charge in [-0.05, 0) is 32.0 Å². The normalized spacial score (nSPS) is 18.9. The van der Waals surface area contributed by atoms with Crippen molar-refractivity contribution in [1.82, 2.24) is 10.2 Å². The van der Waals surface area contributed by atoms with E-state index in [9.17, 15) is 8.78 Å². The van der Waals surface area contributed by atoms with Gasteiger partial charge in [-0.1, -0.05) is 25.1 Å². The van der Waals surface area contributed by atoms with Crippen molar-refractivity contribution in [3.8, 4) is 5.75 Å². The Kier molecular flexibility index (Phi) is 5.73. The Labute approximate surface area is 118 Å². The van der Waals surface area contributed by atoms with Gasteiger partial charge in [0, 0.05) is 24.7 Å². The first-order valence-electron chi connectivity index (χ1n) is 7.17. The van der Waals surface area contributed by atoms with Gasteiger partial charge in [0.2, 0.25) is 0 Å². The van der Waals surface area contributed by atoms with Crippen LogP contribution in [0.2, 0.25) is 0 Å². The lowest BCUT2D eigenvalue weighted by atomic mass is 10.1. The molecular formula is C15H22F2N2O. The molecule has 1 saturated heterocycles. The van der Waals surface area contributed by atoms with Crippen LogP contribution in [0.25, 0.3) is 0 Å². The molecule has 1 N–H and O–H groups in total. The van der Waals surface area contributed by atoms with Crippen molar-refractivity contribution >= 4 is 0 Å². The summed E-state index contributed by atoms with van der Waals surface area (Å²) in [5, 5.41) is 3.46. The standard InChI is InChI=1S/C15H22F2N2O/c1-2-19(11-13-7-5-9-18-13)10-12-6-3-4-8-14(12)20-15(16)17/h3-4,6,8,13,15,18H,2,5,7,9-11H2,1H3. The Morgan fingerprint density at radius 1 is 1.40 bits per heavy atom. The van der Waals surface area contributed by atoms with Gasteiger partial charge in [-0.25, -0.2) is 0 Å². The molecule has 1 heterocycles. The Hall–Kier alpha value is -1.20. The number of alkyl halides is 2. The van der Waals surface area contributed by atoms with Crippen LogP contribution in [0.3, 0.4) is 0 Å². The van der Waals surface area contributed by atoms with Crippen LogP contribution in [-0.2, 0) is 6.54 Å². The largest absolute Gasteiger partial charge is 0.434 e. The Bertz CT molecular complexity index is 409. The van der Waals surface area contributed by atoms with Crippen LogP contribution in [-0.4, -0.2) is 37.2 Å². The summed E-state index contributed by atoms with van der Waals surface area (Å²) in [4.78, 5) is 2.26. The maximum Gasteiger partial charge on any atom is 0.387 e. The number of ether oxygens (including phenoxy) is 1. The number of hydrogen-bond donors (Lipinski definition) is 1. The number of likely N-dealkylation sites (N-methyl/N-ethyl adjacent to an activating group) is 1. The third-order valence-corrected chi connectivity index (χ3v) is 3.67. The Balaban J connectivity index is 1.98. The number of hydrogen-bond acceptors (Lipinski definition) is 3. The minimum Gasteiger partial charge on any atom is -0.434 e. The van der Waals surface area contributed by atoms with Gasteiger partial charge in [0.15, 0.2) is 0 Å². The van der Waals surface area contributed by atoms with E-state index in [-0.39, 0.29) is 5.75 Å². The van der Waals surface area contributed by atoms with Gasteiger partial charge in [0.1, 0.15) is 5.75 Å². The van der Waals surface area contributed by atoms with Crippen LogP contribution in [0.5, 0.6) is 5.75 Å². The summed E-state index contributed by atoms with van der Waals surface area (Å²) in [5.74, 6) is 0.278. The van der Waals surface area contributed by atoms with Crippen molar-refractivity contribution in [2.45, 2.75) is 39.0 Å². The van der Waals surface area contributed by atoms with E-state index in [4.69, 9.17) is 0 Å². The molecule has 0 spiro atoms. The van der Waals surface area contributed by atoms with Gasteiger partial charge in [0.05, 0.1) is 0 Å². The summed E-state index contributed by atoms with van der Waals surface area (Å²) in [5.41, 5.74) is 0.813. The Morgan fingerprint density at radius 2 is 2.20 bits per heavy atom. The van der Waals surface area contributed by atoms with Crippen molar-refractivity contribution in [2.24, 2.45) is 0 Å². The zero-order chi connectivity index (χ0) is 14.4. The molecule has 1 aromatic carbocycles. The number of nitrogens with zero attached hydrogens (tertiary/aromatic N) is 1. The van der Waals surface area contributed by atoms with Gasteiger partial charge in [-0.3, -0.25) is 4.90 Å². The highest BCUT2D eigenvalue weighted by molar-refractivity contribution is 5.33. The first-order valence-corrected chi connectivity index (χ1v) is 7.17. The lowest BCUT2D eigenvalue weighted by Crippen LogP contribution is -2.37. The van der Waals surface area contributed by atoms with Gasteiger partial charge in [-0.2, -0.15) is 8.78 Å². The maximum atomic E-state index is 12.4. The molecular weight excluding hydrogens is 262 g/mol. The molecule has 20 heavy (non-hydrogen) atoms. The molecule has 3 nitrogen and oxygen atoms in total. The van der Waals surface area contributed by atoms with Crippen LogP contribution in [0.4, 0.5) is 8.78 Å². The van der Waals surface area contributed by atoms with E-state index in [1.807, 2.05) is 12.1 Å². The monoisotopic (exact) mass is 284 g/mol. The minimum absolute atomic E-state index is 0.278. The highest BCUT2D eigenvalue weighted by atomic mass is 19.3. The molecule has 1 aromatic rings. The molecule has 0 bridgehead atoms. The third-order valence-electron chi connectivity index (χ3n) is 3.67. The number of halogens is 2. The van der Waals surface area contributed by atoms with Crippen molar-refractivity contribution < 1.29 is 13.5 Å². The van der Waals surface area contributed by atoms with Crippen LogP contribution < -0.4 is 10.1 Å². The fourth-order valence-electron chi connectivity index (χ4n) is 2.62. The molecule has 1 aliphatic heterocycles. The van der Waals surface area contributed by atoms with Crippen LogP contribution in [0, 0.1) is 0 Å². The Morgan fingerprint density at radius 3 is 2.85 bits per heavy atom. The third kappa shape index (κ3) is 4.42. The molecule has 2 rings (SSSR count). The number of rotatable bonds is 7. The van der Waals surface area contributed by atoms with Gasteiger partial charge in [0.25, 0.3) is 0 Å². The van der Waals surface area contributed by atoms with E-state index in [0.29, 0.717) is 12.6 Å². The van der Waals surface area contributed by atoms with E-state index >= 15 is 0 Å². The predicted octanol–water partition coefficient (Wildman–Crippen LogP) is 2.86. The molecule has 112 valence electrons. The first-order chi connectivity index (χ1) is 9.69. The predicted molar refractivity (Wildman–Crippen MR) is 75.0 cm³/mol. The highest BCUT2D eigenvalue weighted by Gasteiger charge is 2.18. The van der Waals surface area contributed by atoms with Gasteiger partial charge < -0.3 is 10.1 Å². The maximum absolute atomic E-state index is 12.4. The van der Waals surface area contributed by atoms with Crippen molar-refractivity contribution in [3.05, 3.63) is 29.8 Å². The van der Waals surface area contributed by atoms with E-state index < -0.39 is 6.61 Å². The zero-order valence-electron chi connectivity index (χ0n) is 11.8. The van der Waals surface area contributed by atoms with Crippen LogP contribution in [0.15, 0.2) is 24.3 Å². The van der Waals surface area contributed by atoms with E-state index in [2.05, 4.69) is 21.9 Å². The van der Waals surface area contributed by atoms with Gasteiger partial charge in [-0.15, -0.1) is 0 Å². The molecule has 0 radical (unpaired) electrons. The average Bonchev–Trinajstić information content (AvgIpc) is 2.92. The van der Waals surface area contributed by atoms with E-state index in [1.54, 1.807) is 12.1 Å². The minimum atomic E-state index is -2.78. The summed E-state index contributed by atoms with van der Waals surface area (Å²) in [7, 11) is 0. The van der Waals surface area contributed by atoms with Gasteiger partial charge >= 0.3 is 6.61 Å². The molecule has 1 unspecified atom stereocenters. The van der Waals surface area contributed by atoms with Crippen molar-refractivity contribution in [2.75, 3.05) is 19.6 Å². The second-order valence-electron chi connectivity index (χ2n) is 5.11. The smallest absolute Gasteiger partial charge is 0.387 e. The summed E-state index contributed by atoms with van der Waals surface area (Å²) >= 11 is 0. The van der Waals surface area contributed by atoms with E-state index in [1.165, 1.54) is 12.8 Å². The lowest BCUT2D eigenvalue weighted by Gasteiger charge is -2.25. The molecule has 0 saturated carbocycles. The fourth-order valence-corrected chi connectivity index (χ4v) is 2.62. The van der Waals surface area contributed by atoms with Crippen LogP contribution in [0.1, 0.15) is 25.3 Å². The highest BCUT2D eigenvalue weighted by Crippen LogP contribution is 2.22. The SMILES string of the molecule is CCN(Cc1ccccc1OC(F)F)CC1CCCN1. The molecule has 1 atom stereocenters. The molecule has 5 heteroatoms. The molecule has 0 aliphatic carbocycles. The van der Waals surface area contributed by atoms with Crippen LogP contribution >= 0.6 is 0 Å².